The summed E-state index contributed by atoms with van der Waals surface area (Å²) in [6.07, 6.45) is 5.83. The first-order valence-electron chi connectivity index (χ1n) is 11.4. The smallest absolute Gasteiger partial charge is 0.299 e. The summed E-state index contributed by atoms with van der Waals surface area (Å²) in [7, 11) is -7.76. The monoisotopic (exact) mass is 634 g/mol. The third-order valence-corrected chi connectivity index (χ3v) is 10.4. The lowest BCUT2D eigenvalue weighted by Crippen LogP contribution is -2.45. The number of carbonyl (C=O) groups is 1. The van der Waals surface area contributed by atoms with Crippen LogP contribution in [0.25, 0.3) is 15.6 Å². The van der Waals surface area contributed by atoms with E-state index >= 15 is 0 Å². The van der Waals surface area contributed by atoms with Crippen molar-refractivity contribution < 1.29 is 30.7 Å². The van der Waals surface area contributed by atoms with Crippen LogP contribution in [0.15, 0.2) is 51.2 Å². The highest BCUT2D eigenvalue weighted by Gasteiger charge is 2.27. The summed E-state index contributed by atoms with van der Waals surface area (Å²) in [6, 6.07) is 7.50. The van der Waals surface area contributed by atoms with E-state index in [1.165, 1.54) is 34.4 Å². The zero-order chi connectivity index (χ0) is 27.7. The van der Waals surface area contributed by atoms with Gasteiger partial charge in [-0.05, 0) is 54.1 Å². The second-order valence-corrected chi connectivity index (χ2v) is 15.3. The molecule has 2 aromatic heterocycles. The Morgan fingerprint density at radius 3 is 2.68 bits per heavy atom. The number of hydrogen-bond acceptors (Lipinski definition) is 9. The van der Waals surface area contributed by atoms with Gasteiger partial charge in [-0.2, -0.15) is 13.0 Å². The number of rotatable bonds is 10. The van der Waals surface area contributed by atoms with Gasteiger partial charge in [0.2, 0.25) is 16.6 Å². The molecular formula is C23H25ClN3O6S5+. The van der Waals surface area contributed by atoms with E-state index in [-0.39, 0.29) is 18.7 Å². The number of nitrogens with zero attached hydrogens (tertiary/aromatic N) is 2. The van der Waals surface area contributed by atoms with Gasteiger partial charge in [-0.3, -0.25) is 9.35 Å². The Morgan fingerprint density at radius 1 is 1.24 bits per heavy atom. The van der Waals surface area contributed by atoms with Gasteiger partial charge in [0.25, 0.3) is 25.9 Å². The van der Waals surface area contributed by atoms with Gasteiger partial charge >= 0.3 is 0 Å². The van der Waals surface area contributed by atoms with E-state index in [4.69, 9.17) is 11.6 Å². The second kappa shape index (κ2) is 11.7. The van der Waals surface area contributed by atoms with Crippen molar-refractivity contribution in [2.75, 3.05) is 23.5 Å². The van der Waals surface area contributed by atoms with E-state index in [1.54, 1.807) is 10.6 Å². The molecule has 1 aliphatic rings. The fraction of sp³-hybridized carbons (Fsp3) is 0.304. The van der Waals surface area contributed by atoms with E-state index in [1.807, 2.05) is 52.3 Å². The second-order valence-electron chi connectivity index (χ2n) is 8.47. The fourth-order valence-corrected chi connectivity index (χ4v) is 8.39. The SMILES string of the molecule is CCC(=Cc1sc2ccsc2[n+]1CC(=O)NS(C)(=O)=O)C=C1Sc2ccc(Cl)cc2N1CCCS(=O)(=O)O. The van der Waals surface area contributed by atoms with Crippen molar-refractivity contribution in [2.24, 2.45) is 0 Å². The van der Waals surface area contributed by atoms with Crippen LogP contribution in [0.2, 0.25) is 5.02 Å². The number of amides is 1. The first-order chi connectivity index (χ1) is 17.8. The predicted molar refractivity (Wildman–Crippen MR) is 155 cm³/mol. The Kier molecular flexibility index (Phi) is 8.91. The summed E-state index contributed by atoms with van der Waals surface area (Å²) in [5.41, 5.74) is 1.82. The summed E-state index contributed by atoms with van der Waals surface area (Å²) in [5, 5.41) is 4.16. The van der Waals surface area contributed by atoms with Gasteiger partial charge in [0.15, 0.2) is 0 Å². The van der Waals surface area contributed by atoms with Crippen molar-refractivity contribution in [1.82, 2.24) is 4.72 Å². The first-order valence-corrected chi connectivity index (χ1v) is 17.7. The van der Waals surface area contributed by atoms with Crippen LogP contribution in [0.3, 0.4) is 0 Å². The number of hydrogen-bond donors (Lipinski definition) is 2. The van der Waals surface area contributed by atoms with Gasteiger partial charge in [0.05, 0.1) is 22.7 Å². The zero-order valence-electron chi connectivity index (χ0n) is 20.4. The fourth-order valence-electron chi connectivity index (χ4n) is 3.85. The molecule has 15 heteroatoms. The average molecular weight is 635 g/mol. The molecule has 9 nitrogen and oxygen atoms in total. The van der Waals surface area contributed by atoms with Crippen LogP contribution in [0.1, 0.15) is 24.8 Å². The normalized spacial score (nSPS) is 15.4. The lowest BCUT2D eigenvalue weighted by Gasteiger charge is -2.20. The number of allylic oxidation sites excluding steroid dienone is 2. The van der Waals surface area contributed by atoms with Gasteiger partial charge in [0, 0.05) is 22.5 Å². The molecule has 204 valence electrons. The molecule has 0 bridgehead atoms. The molecule has 0 atom stereocenters. The van der Waals surface area contributed by atoms with Gasteiger partial charge < -0.3 is 4.90 Å². The number of anilines is 1. The Labute approximate surface area is 238 Å². The first kappa shape index (κ1) is 29.1. The number of aromatic nitrogens is 1. The van der Waals surface area contributed by atoms with Crippen LogP contribution in [0.5, 0.6) is 0 Å². The number of thiophene rings is 1. The minimum Gasteiger partial charge on any atom is -0.335 e. The molecule has 38 heavy (non-hydrogen) atoms. The summed E-state index contributed by atoms with van der Waals surface area (Å²) in [5.74, 6) is -0.977. The summed E-state index contributed by atoms with van der Waals surface area (Å²) in [4.78, 5) is 16.3. The number of thiazole rings is 1. The molecular weight excluding hydrogens is 610 g/mol. The molecule has 1 aromatic carbocycles. The molecule has 3 heterocycles. The Morgan fingerprint density at radius 2 is 2.00 bits per heavy atom. The number of benzene rings is 1. The quantitative estimate of drug-likeness (QED) is 0.247. The molecule has 1 aliphatic heterocycles. The van der Waals surface area contributed by atoms with Crippen molar-refractivity contribution in [3.8, 4) is 0 Å². The zero-order valence-corrected chi connectivity index (χ0v) is 25.2. The molecule has 0 unspecified atom stereocenters. The maximum Gasteiger partial charge on any atom is 0.299 e. The molecule has 0 saturated heterocycles. The lowest BCUT2D eigenvalue weighted by atomic mass is 10.2. The lowest BCUT2D eigenvalue weighted by molar-refractivity contribution is -0.653. The Bertz CT molecular complexity index is 1660. The minimum absolute atomic E-state index is 0.145. The molecule has 3 aromatic rings. The maximum atomic E-state index is 12.4. The number of carbonyl (C=O) groups excluding carboxylic acids is 1. The summed E-state index contributed by atoms with van der Waals surface area (Å²) in [6.45, 7) is 2.22. The Hall–Kier alpha value is -1.94. The Balaban J connectivity index is 1.69. The van der Waals surface area contributed by atoms with Crippen molar-refractivity contribution in [3.05, 3.63) is 56.4 Å². The number of halogens is 1. The molecule has 4 rings (SSSR count). The molecule has 0 saturated carbocycles. The molecule has 0 spiro atoms. The molecule has 0 radical (unpaired) electrons. The van der Waals surface area contributed by atoms with Crippen LogP contribution in [-0.2, 0) is 31.5 Å². The number of sulfonamides is 1. The molecule has 0 aliphatic carbocycles. The van der Waals surface area contributed by atoms with Crippen molar-refractivity contribution in [2.45, 2.75) is 31.2 Å². The van der Waals surface area contributed by atoms with Gasteiger partial charge in [0.1, 0.15) is 4.70 Å². The minimum atomic E-state index is -4.08. The molecule has 1 amide bonds. The van der Waals surface area contributed by atoms with Crippen LogP contribution in [0, 0.1) is 0 Å². The van der Waals surface area contributed by atoms with Crippen LogP contribution >= 0.6 is 46.0 Å². The van der Waals surface area contributed by atoms with Gasteiger partial charge in [-0.1, -0.05) is 53.0 Å². The van der Waals surface area contributed by atoms with E-state index in [0.29, 0.717) is 18.0 Å². The third kappa shape index (κ3) is 7.37. The summed E-state index contributed by atoms with van der Waals surface area (Å²) < 4.78 is 59.6. The maximum absolute atomic E-state index is 12.4. The van der Waals surface area contributed by atoms with E-state index in [9.17, 15) is 26.2 Å². The van der Waals surface area contributed by atoms with E-state index in [0.717, 1.165) is 42.0 Å². The largest absolute Gasteiger partial charge is 0.335 e. The molecule has 0 fully saturated rings. The van der Waals surface area contributed by atoms with E-state index < -0.39 is 26.0 Å². The highest BCUT2D eigenvalue weighted by atomic mass is 35.5. The average Bonchev–Trinajstić information content (AvgIpc) is 3.46. The van der Waals surface area contributed by atoms with Gasteiger partial charge in [-0.15, -0.1) is 0 Å². The van der Waals surface area contributed by atoms with Crippen LogP contribution in [0.4, 0.5) is 5.69 Å². The number of nitrogens with one attached hydrogen (secondary N) is 1. The molecule has 2 N–H and O–H groups in total. The highest BCUT2D eigenvalue weighted by molar-refractivity contribution is 8.03. The van der Waals surface area contributed by atoms with Gasteiger partial charge in [-0.25, -0.2) is 13.1 Å². The predicted octanol–water partition coefficient (Wildman–Crippen LogP) is 4.50. The van der Waals surface area contributed by atoms with Crippen molar-refractivity contribution in [3.63, 3.8) is 0 Å². The van der Waals surface area contributed by atoms with Crippen molar-refractivity contribution >= 4 is 93.4 Å². The van der Waals surface area contributed by atoms with Crippen molar-refractivity contribution in [1.29, 1.82) is 0 Å². The van der Waals surface area contributed by atoms with Crippen LogP contribution in [-0.4, -0.2) is 45.8 Å². The van der Waals surface area contributed by atoms with Crippen LogP contribution < -0.4 is 14.2 Å². The standard InChI is InChI=1S/C23H24ClN3O6S5/c1-3-15(12-22-27(14-20(28)25-37(2,29)30)23-19(36-22)7-9-34-23)11-21-26(8-4-10-38(31,32)33)17-13-16(24)5-6-18(17)35-21/h5-7,9,11-13H,3-4,8,10,14H2,1-2H3,(H-,25,28,31,32,33)/p+1. The number of thioether (sulfide) groups is 1. The summed E-state index contributed by atoms with van der Waals surface area (Å²) >= 11 is 10.7. The highest BCUT2D eigenvalue weighted by Crippen LogP contribution is 2.47. The van der Waals surface area contributed by atoms with E-state index in [2.05, 4.69) is 0 Å². The topological polar surface area (TPSA) is 125 Å². The third-order valence-electron chi connectivity index (χ3n) is 5.44. The number of fused-ring (bicyclic) bond motifs is 2.